The van der Waals surface area contributed by atoms with E-state index in [1.807, 2.05) is 35.8 Å². The molecule has 0 spiro atoms. The van der Waals surface area contributed by atoms with Crippen molar-refractivity contribution in [1.29, 1.82) is 0 Å². The number of thioether (sulfide) groups is 1. The van der Waals surface area contributed by atoms with Crippen LogP contribution in [-0.2, 0) is 17.1 Å². The number of aromatic nitrogens is 3. The normalized spacial score (nSPS) is 10.7. The molecule has 0 radical (unpaired) electrons. The molecular weight excluding hydrogens is 351 g/mol. The molecule has 0 aliphatic carbocycles. The van der Waals surface area contributed by atoms with Gasteiger partial charge in [-0.2, -0.15) is 0 Å². The number of rotatable bonds is 6. The van der Waals surface area contributed by atoms with Gasteiger partial charge in [-0.05, 0) is 48.9 Å². The lowest BCUT2D eigenvalue weighted by molar-refractivity contribution is -0.114. The summed E-state index contributed by atoms with van der Waals surface area (Å²) >= 11 is 1.57. The average Bonchev–Trinajstić information content (AvgIpc) is 3.04. The summed E-state index contributed by atoms with van der Waals surface area (Å²) in [6.45, 7) is 4.26. The standard InChI is InChI=1S/C19H19FN4OS/c1-3-24-18(15-6-10-17(11-7-15)21-13(2)25)22-23-19(24)26-12-14-4-8-16(20)9-5-14/h4-11H,3,12H2,1-2H3,(H,21,25). The third kappa shape index (κ3) is 4.29. The van der Waals surface area contributed by atoms with E-state index in [2.05, 4.69) is 15.5 Å². The van der Waals surface area contributed by atoms with Gasteiger partial charge in [0.15, 0.2) is 11.0 Å². The summed E-state index contributed by atoms with van der Waals surface area (Å²) in [5, 5.41) is 12.2. The van der Waals surface area contributed by atoms with Gasteiger partial charge in [0.2, 0.25) is 5.91 Å². The Kier molecular flexibility index (Phi) is 5.68. The van der Waals surface area contributed by atoms with Gasteiger partial charge in [-0.15, -0.1) is 10.2 Å². The van der Waals surface area contributed by atoms with Gasteiger partial charge >= 0.3 is 0 Å². The van der Waals surface area contributed by atoms with E-state index in [9.17, 15) is 9.18 Å². The topological polar surface area (TPSA) is 59.8 Å². The van der Waals surface area contributed by atoms with Crippen molar-refractivity contribution in [3.05, 3.63) is 59.9 Å². The number of carbonyl (C=O) groups is 1. The lowest BCUT2D eigenvalue weighted by Crippen LogP contribution is -2.05. The number of amides is 1. The van der Waals surface area contributed by atoms with E-state index in [4.69, 9.17) is 0 Å². The largest absolute Gasteiger partial charge is 0.326 e. The third-order valence-corrected chi connectivity index (χ3v) is 4.82. The number of anilines is 1. The molecule has 0 saturated heterocycles. The molecule has 0 fully saturated rings. The quantitative estimate of drug-likeness (QED) is 0.655. The molecule has 0 saturated carbocycles. The van der Waals surface area contributed by atoms with Crippen LogP contribution in [0, 0.1) is 5.82 Å². The second kappa shape index (κ2) is 8.14. The molecule has 0 aliphatic heterocycles. The molecule has 0 aliphatic rings. The van der Waals surface area contributed by atoms with Gasteiger partial charge in [-0.3, -0.25) is 4.79 Å². The highest BCUT2D eigenvalue weighted by Gasteiger charge is 2.13. The Bertz CT molecular complexity index is 891. The van der Waals surface area contributed by atoms with Gasteiger partial charge in [0.25, 0.3) is 0 Å². The molecule has 3 aromatic rings. The highest BCUT2D eigenvalue weighted by Crippen LogP contribution is 2.27. The van der Waals surface area contributed by atoms with Crippen LogP contribution >= 0.6 is 11.8 Å². The maximum absolute atomic E-state index is 13.0. The first-order valence-corrected chi connectivity index (χ1v) is 9.24. The number of carbonyl (C=O) groups excluding carboxylic acids is 1. The van der Waals surface area contributed by atoms with Gasteiger partial charge in [0.1, 0.15) is 5.82 Å². The molecule has 2 aromatic carbocycles. The summed E-state index contributed by atoms with van der Waals surface area (Å²) in [4.78, 5) is 11.1. The first kappa shape index (κ1) is 18.1. The van der Waals surface area contributed by atoms with E-state index in [0.717, 1.165) is 34.3 Å². The zero-order valence-electron chi connectivity index (χ0n) is 14.6. The first-order valence-electron chi connectivity index (χ1n) is 8.25. The lowest BCUT2D eigenvalue weighted by Gasteiger charge is -2.08. The molecule has 7 heteroatoms. The van der Waals surface area contributed by atoms with Crippen LogP contribution in [-0.4, -0.2) is 20.7 Å². The van der Waals surface area contributed by atoms with Crippen LogP contribution in [0.25, 0.3) is 11.4 Å². The van der Waals surface area contributed by atoms with Crippen LogP contribution in [0.2, 0.25) is 0 Å². The molecule has 0 atom stereocenters. The van der Waals surface area contributed by atoms with Crippen LogP contribution in [0.3, 0.4) is 0 Å². The number of halogens is 1. The molecule has 0 unspecified atom stereocenters. The van der Waals surface area contributed by atoms with Crippen molar-refractivity contribution in [3.8, 4) is 11.4 Å². The minimum atomic E-state index is -0.236. The molecule has 1 aromatic heterocycles. The Labute approximate surface area is 155 Å². The lowest BCUT2D eigenvalue weighted by atomic mass is 10.2. The average molecular weight is 370 g/mol. The zero-order chi connectivity index (χ0) is 18.5. The number of hydrogen-bond donors (Lipinski definition) is 1. The predicted molar refractivity (Wildman–Crippen MR) is 101 cm³/mol. The summed E-state index contributed by atoms with van der Waals surface area (Å²) in [5.41, 5.74) is 2.71. The van der Waals surface area contributed by atoms with Crippen molar-refractivity contribution in [2.45, 2.75) is 31.3 Å². The molecule has 0 bridgehead atoms. The Hall–Kier alpha value is -2.67. The molecule has 3 rings (SSSR count). The van der Waals surface area contributed by atoms with E-state index in [0.29, 0.717) is 5.75 Å². The van der Waals surface area contributed by atoms with E-state index in [-0.39, 0.29) is 11.7 Å². The van der Waals surface area contributed by atoms with E-state index < -0.39 is 0 Å². The van der Waals surface area contributed by atoms with Gasteiger partial charge in [0, 0.05) is 30.5 Å². The number of benzene rings is 2. The summed E-state index contributed by atoms with van der Waals surface area (Å²) in [6.07, 6.45) is 0. The molecule has 1 heterocycles. The monoisotopic (exact) mass is 370 g/mol. The van der Waals surface area contributed by atoms with Crippen molar-refractivity contribution < 1.29 is 9.18 Å². The van der Waals surface area contributed by atoms with Crippen LogP contribution in [0.1, 0.15) is 19.4 Å². The Morgan fingerprint density at radius 3 is 2.42 bits per heavy atom. The van der Waals surface area contributed by atoms with Crippen molar-refractivity contribution in [2.75, 3.05) is 5.32 Å². The molecule has 1 amide bonds. The SMILES string of the molecule is CCn1c(SCc2ccc(F)cc2)nnc1-c1ccc(NC(C)=O)cc1. The molecule has 134 valence electrons. The molecular formula is C19H19FN4OS. The predicted octanol–water partition coefficient (Wildman–Crippen LogP) is 4.35. The van der Waals surface area contributed by atoms with Crippen LogP contribution in [0.15, 0.2) is 53.7 Å². The summed E-state index contributed by atoms with van der Waals surface area (Å²) in [7, 11) is 0. The summed E-state index contributed by atoms with van der Waals surface area (Å²) in [5.74, 6) is 1.14. The summed E-state index contributed by atoms with van der Waals surface area (Å²) < 4.78 is 15.0. The molecule has 26 heavy (non-hydrogen) atoms. The minimum Gasteiger partial charge on any atom is -0.326 e. The van der Waals surface area contributed by atoms with Gasteiger partial charge in [-0.1, -0.05) is 23.9 Å². The fourth-order valence-electron chi connectivity index (χ4n) is 2.53. The van der Waals surface area contributed by atoms with Crippen LogP contribution in [0.5, 0.6) is 0 Å². The Morgan fingerprint density at radius 1 is 1.12 bits per heavy atom. The maximum Gasteiger partial charge on any atom is 0.221 e. The van der Waals surface area contributed by atoms with Crippen LogP contribution < -0.4 is 5.32 Å². The van der Waals surface area contributed by atoms with E-state index in [1.165, 1.54) is 19.1 Å². The zero-order valence-corrected chi connectivity index (χ0v) is 15.4. The Balaban J connectivity index is 1.77. The number of nitrogens with one attached hydrogen (secondary N) is 1. The fraction of sp³-hybridized carbons (Fsp3) is 0.211. The highest BCUT2D eigenvalue weighted by atomic mass is 32.2. The summed E-state index contributed by atoms with van der Waals surface area (Å²) in [6, 6.07) is 14.0. The Morgan fingerprint density at radius 2 is 1.81 bits per heavy atom. The van der Waals surface area contributed by atoms with Crippen molar-refractivity contribution >= 4 is 23.4 Å². The number of hydrogen-bond acceptors (Lipinski definition) is 4. The second-order valence-electron chi connectivity index (χ2n) is 5.72. The van der Waals surface area contributed by atoms with E-state index >= 15 is 0 Å². The third-order valence-electron chi connectivity index (χ3n) is 3.78. The number of nitrogens with zero attached hydrogens (tertiary/aromatic N) is 3. The van der Waals surface area contributed by atoms with Crippen molar-refractivity contribution in [1.82, 2.24) is 14.8 Å². The van der Waals surface area contributed by atoms with Gasteiger partial charge < -0.3 is 9.88 Å². The highest BCUT2D eigenvalue weighted by molar-refractivity contribution is 7.98. The first-order chi connectivity index (χ1) is 12.6. The van der Waals surface area contributed by atoms with Crippen molar-refractivity contribution in [3.63, 3.8) is 0 Å². The van der Waals surface area contributed by atoms with Crippen LogP contribution in [0.4, 0.5) is 10.1 Å². The van der Waals surface area contributed by atoms with Gasteiger partial charge in [0.05, 0.1) is 0 Å². The second-order valence-corrected chi connectivity index (χ2v) is 6.67. The molecule has 5 nitrogen and oxygen atoms in total. The minimum absolute atomic E-state index is 0.103. The van der Waals surface area contributed by atoms with Gasteiger partial charge in [-0.25, -0.2) is 4.39 Å². The fourth-order valence-corrected chi connectivity index (χ4v) is 3.49. The van der Waals surface area contributed by atoms with E-state index in [1.54, 1.807) is 23.9 Å². The smallest absolute Gasteiger partial charge is 0.221 e. The van der Waals surface area contributed by atoms with Crippen molar-refractivity contribution in [2.24, 2.45) is 0 Å². The maximum atomic E-state index is 13.0. The molecule has 1 N–H and O–H groups in total.